The van der Waals surface area contributed by atoms with E-state index in [4.69, 9.17) is 25.5 Å². The fourth-order valence-electron chi connectivity index (χ4n) is 3.21. The molecule has 33 heavy (non-hydrogen) atoms. The molecular formula is C24H21ClN4O4. The third-order valence-corrected chi connectivity index (χ3v) is 5.08. The number of amides is 2. The highest BCUT2D eigenvalue weighted by Gasteiger charge is 2.23. The van der Waals surface area contributed by atoms with Crippen molar-refractivity contribution >= 4 is 23.3 Å². The van der Waals surface area contributed by atoms with Crippen LogP contribution in [0.25, 0.3) is 11.5 Å². The smallest absolute Gasteiger partial charge is 0.320 e. The molecule has 2 N–H and O–H groups in total. The van der Waals surface area contributed by atoms with E-state index in [1.165, 1.54) is 7.11 Å². The van der Waals surface area contributed by atoms with Crippen molar-refractivity contribution in [2.24, 2.45) is 0 Å². The molecule has 1 heterocycles. The molecule has 1 atom stereocenters. The molecule has 0 saturated carbocycles. The Hall–Kier alpha value is -4.04. The number of anilines is 1. The molecule has 1 aromatic heterocycles. The summed E-state index contributed by atoms with van der Waals surface area (Å²) in [5.74, 6) is 1.63. The largest absolute Gasteiger partial charge is 0.493 e. The van der Waals surface area contributed by atoms with Gasteiger partial charge in [-0.05, 0) is 42.0 Å². The number of hydrogen-bond donors (Lipinski definition) is 2. The highest BCUT2D eigenvalue weighted by molar-refractivity contribution is 6.30. The number of halogens is 1. The number of methoxy groups -OCH3 is 2. The van der Waals surface area contributed by atoms with Gasteiger partial charge in [0.2, 0.25) is 11.8 Å². The Balaban J connectivity index is 1.57. The zero-order chi connectivity index (χ0) is 23.2. The summed E-state index contributed by atoms with van der Waals surface area (Å²) in [6.07, 6.45) is 0. The minimum Gasteiger partial charge on any atom is -0.493 e. The van der Waals surface area contributed by atoms with E-state index in [1.807, 2.05) is 30.3 Å². The Kier molecular flexibility index (Phi) is 6.75. The number of aromatic nitrogens is 2. The predicted octanol–water partition coefficient (Wildman–Crippen LogP) is 5.32. The summed E-state index contributed by atoms with van der Waals surface area (Å²) in [5.41, 5.74) is 2.04. The predicted molar refractivity (Wildman–Crippen MR) is 125 cm³/mol. The lowest BCUT2D eigenvalue weighted by Gasteiger charge is -2.17. The van der Waals surface area contributed by atoms with Gasteiger partial charge in [0.15, 0.2) is 11.5 Å². The number of benzene rings is 3. The van der Waals surface area contributed by atoms with Gasteiger partial charge < -0.3 is 24.5 Å². The van der Waals surface area contributed by atoms with Crippen molar-refractivity contribution in [3.05, 3.63) is 89.3 Å². The highest BCUT2D eigenvalue weighted by atomic mass is 35.5. The second-order valence-corrected chi connectivity index (χ2v) is 7.40. The Morgan fingerprint density at radius 2 is 1.67 bits per heavy atom. The number of rotatable bonds is 7. The highest BCUT2D eigenvalue weighted by Crippen LogP contribution is 2.30. The van der Waals surface area contributed by atoms with Crippen molar-refractivity contribution in [2.75, 3.05) is 19.5 Å². The molecule has 9 heteroatoms. The Bertz CT molecular complexity index is 1230. The molecule has 8 nitrogen and oxygen atoms in total. The van der Waals surface area contributed by atoms with Gasteiger partial charge in [-0.2, -0.15) is 0 Å². The molecule has 0 aliphatic heterocycles. The van der Waals surface area contributed by atoms with E-state index >= 15 is 0 Å². The minimum atomic E-state index is -0.667. The molecule has 0 radical (unpaired) electrons. The molecule has 0 aliphatic carbocycles. The van der Waals surface area contributed by atoms with Crippen LogP contribution in [0.15, 0.2) is 77.2 Å². The molecule has 0 aliphatic rings. The van der Waals surface area contributed by atoms with Gasteiger partial charge in [-0.1, -0.05) is 41.9 Å². The van der Waals surface area contributed by atoms with E-state index in [0.29, 0.717) is 28.1 Å². The molecule has 168 valence electrons. The lowest BCUT2D eigenvalue weighted by Crippen LogP contribution is -2.33. The maximum absolute atomic E-state index is 12.8. The molecule has 4 rings (SSSR count). The standard InChI is InChI=1S/C24H21ClN4O4/c1-31-19-13-12-18(14-20(19)32-2)26-24(30)27-21(15-6-4-3-5-7-15)23-29-28-22(33-23)16-8-10-17(25)11-9-16/h3-14,21H,1-2H3,(H2,26,27,30). The first-order valence-electron chi connectivity index (χ1n) is 10.0. The van der Waals surface area contributed by atoms with E-state index in [0.717, 1.165) is 11.1 Å². The van der Waals surface area contributed by atoms with Crippen LogP contribution in [0, 0.1) is 0 Å². The number of hydrogen-bond acceptors (Lipinski definition) is 6. The summed E-state index contributed by atoms with van der Waals surface area (Å²) < 4.78 is 16.4. The van der Waals surface area contributed by atoms with Gasteiger partial charge in [-0.15, -0.1) is 10.2 Å². The second kappa shape index (κ2) is 10.1. The number of urea groups is 1. The maximum atomic E-state index is 12.8. The molecule has 0 bridgehead atoms. The van der Waals surface area contributed by atoms with Gasteiger partial charge >= 0.3 is 6.03 Å². The zero-order valence-corrected chi connectivity index (χ0v) is 18.7. The van der Waals surface area contributed by atoms with Crippen molar-refractivity contribution in [3.63, 3.8) is 0 Å². The number of ether oxygens (including phenoxy) is 2. The van der Waals surface area contributed by atoms with E-state index in [2.05, 4.69) is 20.8 Å². The summed E-state index contributed by atoms with van der Waals surface area (Å²) >= 11 is 5.96. The Morgan fingerprint density at radius 1 is 0.939 bits per heavy atom. The van der Waals surface area contributed by atoms with Crippen LogP contribution in [0.4, 0.5) is 10.5 Å². The first kappa shape index (κ1) is 22.2. The zero-order valence-electron chi connectivity index (χ0n) is 17.9. The summed E-state index contributed by atoms with van der Waals surface area (Å²) in [6.45, 7) is 0. The fraction of sp³-hybridized carbons (Fsp3) is 0.125. The molecule has 0 spiro atoms. The maximum Gasteiger partial charge on any atom is 0.320 e. The van der Waals surface area contributed by atoms with E-state index in [1.54, 1.807) is 49.6 Å². The second-order valence-electron chi connectivity index (χ2n) is 6.96. The number of nitrogens with one attached hydrogen (secondary N) is 2. The van der Waals surface area contributed by atoms with Crippen LogP contribution in [-0.4, -0.2) is 30.4 Å². The molecular weight excluding hydrogens is 444 g/mol. The van der Waals surface area contributed by atoms with E-state index < -0.39 is 12.1 Å². The topological polar surface area (TPSA) is 98.5 Å². The summed E-state index contributed by atoms with van der Waals surface area (Å²) in [6, 6.07) is 20.4. The molecule has 4 aromatic rings. The van der Waals surface area contributed by atoms with Crippen LogP contribution in [0.5, 0.6) is 11.5 Å². The van der Waals surface area contributed by atoms with Crippen LogP contribution >= 0.6 is 11.6 Å². The normalized spacial score (nSPS) is 11.5. The number of carbonyl (C=O) groups is 1. The van der Waals surface area contributed by atoms with E-state index in [-0.39, 0.29) is 5.89 Å². The van der Waals surface area contributed by atoms with Gasteiger partial charge in [0, 0.05) is 22.3 Å². The van der Waals surface area contributed by atoms with Crippen molar-refractivity contribution in [1.29, 1.82) is 0 Å². The van der Waals surface area contributed by atoms with Gasteiger partial charge in [0.25, 0.3) is 0 Å². The van der Waals surface area contributed by atoms with Crippen molar-refractivity contribution in [3.8, 4) is 23.0 Å². The third kappa shape index (κ3) is 5.24. The van der Waals surface area contributed by atoms with Gasteiger partial charge in [0.1, 0.15) is 6.04 Å². The number of carbonyl (C=O) groups excluding carboxylic acids is 1. The van der Waals surface area contributed by atoms with Gasteiger partial charge in [0.05, 0.1) is 14.2 Å². The Labute approximate surface area is 195 Å². The van der Waals surface area contributed by atoms with E-state index in [9.17, 15) is 4.79 Å². The van der Waals surface area contributed by atoms with Gasteiger partial charge in [-0.25, -0.2) is 4.79 Å². The van der Waals surface area contributed by atoms with Crippen LogP contribution in [0.1, 0.15) is 17.5 Å². The molecule has 1 unspecified atom stereocenters. The van der Waals surface area contributed by atoms with Crippen molar-refractivity contribution in [2.45, 2.75) is 6.04 Å². The fourth-order valence-corrected chi connectivity index (χ4v) is 3.33. The third-order valence-electron chi connectivity index (χ3n) is 4.83. The summed E-state index contributed by atoms with van der Waals surface area (Å²) in [5, 5.41) is 14.6. The average molecular weight is 465 g/mol. The first-order chi connectivity index (χ1) is 16.1. The molecule has 2 amide bonds. The quantitative estimate of drug-likeness (QED) is 0.384. The summed E-state index contributed by atoms with van der Waals surface area (Å²) in [7, 11) is 3.08. The van der Waals surface area contributed by atoms with Crippen LogP contribution in [-0.2, 0) is 0 Å². The van der Waals surface area contributed by atoms with Crippen molar-refractivity contribution < 1.29 is 18.7 Å². The van der Waals surface area contributed by atoms with Crippen LogP contribution in [0.2, 0.25) is 5.02 Å². The molecule has 0 fully saturated rings. The lowest BCUT2D eigenvalue weighted by molar-refractivity contribution is 0.248. The first-order valence-corrected chi connectivity index (χ1v) is 10.4. The molecule has 0 saturated heterocycles. The Morgan fingerprint density at radius 3 is 2.36 bits per heavy atom. The number of nitrogens with zero attached hydrogens (tertiary/aromatic N) is 2. The lowest BCUT2D eigenvalue weighted by atomic mass is 10.1. The summed E-state index contributed by atoms with van der Waals surface area (Å²) in [4.78, 5) is 12.8. The SMILES string of the molecule is COc1ccc(NC(=O)NC(c2ccccc2)c2nnc(-c3ccc(Cl)cc3)o2)cc1OC. The van der Waals surface area contributed by atoms with Crippen LogP contribution in [0.3, 0.4) is 0 Å². The monoisotopic (exact) mass is 464 g/mol. The van der Waals surface area contributed by atoms with Crippen molar-refractivity contribution in [1.82, 2.24) is 15.5 Å². The molecule has 3 aromatic carbocycles. The van der Waals surface area contributed by atoms with Gasteiger partial charge in [-0.3, -0.25) is 0 Å². The minimum absolute atomic E-state index is 0.244. The average Bonchev–Trinajstić information content (AvgIpc) is 3.33. The van der Waals surface area contributed by atoms with Crippen LogP contribution < -0.4 is 20.1 Å².